The van der Waals surface area contributed by atoms with Gasteiger partial charge in [-0.15, -0.1) is 0 Å². The number of hydrogen-bond donors (Lipinski definition) is 2. The smallest absolute Gasteiger partial charge is 0.234 e. The first-order valence-electron chi connectivity index (χ1n) is 6.80. The van der Waals surface area contributed by atoms with Gasteiger partial charge in [-0.1, -0.05) is 12.8 Å². The third kappa shape index (κ3) is 3.96. The van der Waals surface area contributed by atoms with Gasteiger partial charge in [0, 0.05) is 24.8 Å². The molecule has 1 saturated carbocycles. The van der Waals surface area contributed by atoms with Crippen molar-refractivity contribution < 1.29 is 9.53 Å². The van der Waals surface area contributed by atoms with Crippen LogP contribution >= 0.6 is 0 Å². The van der Waals surface area contributed by atoms with Crippen LogP contribution in [-0.2, 0) is 9.53 Å². The number of carbonyl (C=O) groups is 1. The Labute approximate surface area is 103 Å². The van der Waals surface area contributed by atoms with Crippen molar-refractivity contribution in [2.75, 3.05) is 19.8 Å². The first-order chi connectivity index (χ1) is 8.18. The molecule has 2 fully saturated rings. The number of nitrogens with one attached hydrogen (secondary N) is 2. The van der Waals surface area contributed by atoms with Crippen LogP contribution in [0.2, 0.25) is 0 Å². The van der Waals surface area contributed by atoms with Crippen LogP contribution in [0.25, 0.3) is 0 Å². The molecule has 0 unspecified atom stereocenters. The van der Waals surface area contributed by atoms with Crippen LogP contribution in [0, 0.1) is 0 Å². The van der Waals surface area contributed by atoms with Gasteiger partial charge in [0.2, 0.25) is 5.91 Å². The molecule has 2 aliphatic rings. The number of rotatable bonds is 4. The highest BCUT2D eigenvalue weighted by atomic mass is 16.5. The third-order valence-electron chi connectivity index (χ3n) is 3.97. The molecule has 4 nitrogen and oxygen atoms in total. The van der Waals surface area contributed by atoms with Crippen LogP contribution in [0.3, 0.4) is 0 Å². The van der Waals surface area contributed by atoms with Crippen molar-refractivity contribution in [3.63, 3.8) is 0 Å². The van der Waals surface area contributed by atoms with Gasteiger partial charge < -0.3 is 15.4 Å². The van der Waals surface area contributed by atoms with Gasteiger partial charge in [0.15, 0.2) is 0 Å². The van der Waals surface area contributed by atoms with Crippen LogP contribution in [0.1, 0.15) is 45.4 Å². The van der Waals surface area contributed by atoms with E-state index in [1.807, 2.05) is 0 Å². The maximum atomic E-state index is 11.8. The largest absolute Gasteiger partial charge is 0.381 e. The van der Waals surface area contributed by atoms with E-state index < -0.39 is 0 Å². The molecule has 1 aliphatic carbocycles. The number of carbonyl (C=O) groups excluding carboxylic acids is 1. The van der Waals surface area contributed by atoms with E-state index in [-0.39, 0.29) is 11.4 Å². The monoisotopic (exact) mass is 240 g/mol. The Hall–Kier alpha value is -0.610. The van der Waals surface area contributed by atoms with Gasteiger partial charge in [0.1, 0.15) is 0 Å². The molecule has 0 bridgehead atoms. The Morgan fingerprint density at radius 3 is 2.59 bits per heavy atom. The highest BCUT2D eigenvalue weighted by Crippen LogP contribution is 2.28. The Bertz CT molecular complexity index is 256. The van der Waals surface area contributed by atoms with Crippen LogP contribution in [-0.4, -0.2) is 37.2 Å². The first-order valence-corrected chi connectivity index (χ1v) is 6.80. The molecular formula is C13H24N2O2. The average molecular weight is 240 g/mol. The Morgan fingerprint density at radius 1 is 1.29 bits per heavy atom. The molecule has 1 aliphatic heterocycles. The topological polar surface area (TPSA) is 50.4 Å². The molecule has 0 atom stereocenters. The minimum atomic E-state index is 0.130. The highest BCUT2D eigenvalue weighted by molar-refractivity contribution is 5.78. The SMILES string of the molecule is CC1(NCC(=O)NC2CCOCC2)CCCC1. The fourth-order valence-electron chi connectivity index (χ4n) is 2.75. The normalized spacial score (nSPS) is 24.8. The van der Waals surface area contributed by atoms with Crippen LogP contribution in [0.15, 0.2) is 0 Å². The molecule has 4 heteroatoms. The lowest BCUT2D eigenvalue weighted by Crippen LogP contribution is -2.48. The number of ether oxygens (including phenoxy) is 1. The minimum Gasteiger partial charge on any atom is -0.381 e. The van der Waals surface area contributed by atoms with Crippen LogP contribution in [0.4, 0.5) is 0 Å². The zero-order valence-corrected chi connectivity index (χ0v) is 10.8. The molecule has 17 heavy (non-hydrogen) atoms. The van der Waals surface area contributed by atoms with E-state index in [0.29, 0.717) is 12.6 Å². The van der Waals surface area contributed by atoms with Gasteiger partial charge in [-0.25, -0.2) is 0 Å². The van der Waals surface area contributed by atoms with E-state index in [9.17, 15) is 4.79 Å². The van der Waals surface area contributed by atoms with Gasteiger partial charge in [-0.3, -0.25) is 4.79 Å². The van der Waals surface area contributed by atoms with E-state index in [4.69, 9.17) is 4.74 Å². The van der Waals surface area contributed by atoms with Gasteiger partial charge in [0.05, 0.1) is 6.54 Å². The minimum absolute atomic E-state index is 0.130. The van der Waals surface area contributed by atoms with Gasteiger partial charge in [0.25, 0.3) is 0 Å². The summed E-state index contributed by atoms with van der Waals surface area (Å²) in [7, 11) is 0. The summed E-state index contributed by atoms with van der Waals surface area (Å²) >= 11 is 0. The van der Waals surface area contributed by atoms with Crippen molar-refractivity contribution in [3.05, 3.63) is 0 Å². The average Bonchev–Trinajstić information content (AvgIpc) is 2.76. The predicted molar refractivity (Wildman–Crippen MR) is 66.9 cm³/mol. The van der Waals surface area contributed by atoms with Crippen molar-refractivity contribution in [1.29, 1.82) is 0 Å². The lowest BCUT2D eigenvalue weighted by Gasteiger charge is -2.27. The van der Waals surface area contributed by atoms with E-state index in [0.717, 1.165) is 26.1 Å². The Kier molecular flexibility index (Phi) is 4.40. The summed E-state index contributed by atoms with van der Waals surface area (Å²) in [5.74, 6) is 0.130. The Morgan fingerprint density at radius 2 is 1.94 bits per heavy atom. The summed E-state index contributed by atoms with van der Waals surface area (Å²) in [5.41, 5.74) is 0.188. The molecule has 1 saturated heterocycles. The molecule has 1 heterocycles. The lowest BCUT2D eigenvalue weighted by atomic mass is 10.0. The molecular weight excluding hydrogens is 216 g/mol. The summed E-state index contributed by atoms with van der Waals surface area (Å²) in [5, 5.41) is 6.48. The lowest BCUT2D eigenvalue weighted by molar-refractivity contribution is -0.121. The van der Waals surface area contributed by atoms with E-state index in [1.54, 1.807) is 0 Å². The summed E-state index contributed by atoms with van der Waals surface area (Å²) in [6.07, 6.45) is 6.84. The molecule has 0 radical (unpaired) electrons. The molecule has 0 aromatic heterocycles. The maximum absolute atomic E-state index is 11.8. The summed E-state index contributed by atoms with van der Waals surface area (Å²) in [4.78, 5) is 11.8. The summed E-state index contributed by atoms with van der Waals surface area (Å²) < 4.78 is 5.27. The number of amides is 1. The molecule has 1 amide bonds. The molecule has 2 N–H and O–H groups in total. The zero-order valence-electron chi connectivity index (χ0n) is 10.8. The second-order valence-electron chi connectivity index (χ2n) is 5.58. The molecule has 2 rings (SSSR count). The van der Waals surface area contributed by atoms with Crippen molar-refractivity contribution in [3.8, 4) is 0 Å². The second-order valence-corrected chi connectivity index (χ2v) is 5.58. The van der Waals surface area contributed by atoms with E-state index in [2.05, 4.69) is 17.6 Å². The van der Waals surface area contributed by atoms with Gasteiger partial charge in [-0.2, -0.15) is 0 Å². The quantitative estimate of drug-likeness (QED) is 0.776. The molecule has 98 valence electrons. The Balaban J connectivity index is 1.66. The van der Waals surface area contributed by atoms with E-state index in [1.165, 1.54) is 25.7 Å². The van der Waals surface area contributed by atoms with Crippen molar-refractivity contribution >= 4 is 5.91 Å². The fraction of sp³-hybridized carbons (Fsp3) is 0.923. The standard InChI is InChI=1S/C13H24N2O2/c1-13(6-2-3-7-13)14-10-12(16)15-11-4-8-17-9-5-11/h11,14H,2-10H2,1H3,(H,15,16). The number of hydrogen-bond acceptors (Lipinski definition) is 3. The summed E-state index contributed by atoms with van der Waals surface area (Å²) in [6.45, 7) is 4.22. The van der Waals surface area contributed by atoms with Crippen molar-refractivity contribution in [1.82, 2.24) is 10.6 Å². The summed E-state index contributed by atoms with van der Waals surface area (Å²) in [6, 6.07) is 0.314. The van der Waals surface area contributed by atoms with Crippen LogP contribution in [0.5, 0.6) is 0 Å². The van der Waals surface area contributed by atoms with Crippen molar-refractivity contribution in [2.24, 2.45) is 0 Å². The molecule has 0 aromatic rings. The fourth-order valence-corrected chi connectivity index (χ4v) is 2.75. The van der Waals surface area contributed by atoms with E-state index >= 15 is 0 Å². The first kappa shape index (κ1) is 12.8. The highest BCUT2D eigenvalue weighted by Gasteiger charge is 2.28. The maximum Gasteiger partial charge on any atom is 0.234 e. The predicted octanol–water partition coefficient (Wildman–Crippen LogP) is 1.20. The van der Waals surface area contributed by atoms with Crippen molar-refractivity contribution in [2.45, 2.75) is 57.0 Å². The second kappa shape index (κ2) is 5.83. The van der Waals surface area contributed by atoms with Gasteiger partial charge >= 0.3 is 0 Å². The molecule has 0 spiro atoms. The van der Waals surface area contributed by atoms with Crippen LogP contribution < -0.4 is 10.6 Å². The molecule has 0 aromatic carbocycles. The van der Waals surface area contributed by atoms with Gasteiger partial charge in [-0.05, 0) is 32.6 Å². The zero-order chi connectivity index (χ0) is 12.1. The third-order valence-corrected chi connectivity index (χ3v) is 3.97.